The van der Waals surface area contributed by atoms with Crippen LogP contribution in [-0.2, 0) is 6.54 Å². The van der Waals surface area contributed by atoms with Gasteiger partial charge in [0, 0.05) is 28.6 Å². The number of amides is 1. The number of aromatic nitrogens is 3. The lowest BCUT2D eigenvalue weighted by Crippen LogP contribution is -2.32. The van der Waals surface area contributed by atoms with Gasteiger partial charge in [-0.3, -0.25) is 4.79 Å². The van der Waals surface area contributed by atoms with Gasteiger partial charge in [0.25, 0.3) is 5.91 Å². The molecule has 1 aliphatic heterocycles. The van der Waals surface area contributed by atoms with Crippen molar-refractivity contribution in [2.75, 3.05) is 13.2 Å². The van der Waals surface area contributed by atoms with Gasteiger partial charge in [-0.05, 0) is 61.4 Å². The van der Waals surface area contributed by atoms with E-state index in [1.165, 1.54) is 0 Å². The Balaban J connectivity index is 1.29. The summed E-state index contributed by atoms with van der Waals surface area (Å²) in [5.74, 6) is 1.72. The minimum Gasteiger partial charge on any atom is -0.491 e. The van der Waals surface area contributed by atoms with E-state index in [2.05, 4.69) is 45.3 Å². The third kappa shape index (κ3) is 4.19. The number of nitrogens with one attached hydrogen (secondary N) is 1. The van der Waals surface area contributed by atoms with Gasteiger partial charge in [0.05, 0.1) is 28.3 Å². The third-order valence-corrected chi connectivity index (χ3v) is 7.06. The number of carbonyl (C=O) groups is 1. The fourth-order valence-corrected chi connectivity index (χ4v) is 5.17. The van der Waals surface area contributed by atoms with Crippen LogP contribution in [0.3, 0.4) is 0 Å². The highest BCUT2D eigenvalue weighted by Gasteiger charge is 2.22. The lowest BCUT2D eigenvalue weighted by Gasteiger charge is -2.20. The summed E-state index contributed by atoms with van der Waals surface area (Å²) >= 11 is 1.61. The lowest BCUT2D eigenvalue weighted by molar-refractivity contribution is 0.0733. The van der Waals surface area contributed by atoms with Gasteiger partial charge in [0.15, 0.2) is 0 Å². The van der Waals surface area contributed by atoms with Gasteiger partial charge in [0.1, 0.15) is 18.2 Å². The minimum absolute atomic E-state index is 0.00549. The second-order valence-electron chi connectivity index (χ2n) is 8.78. The standard InChI is InChI=1S/C28H24N4O2S/c1-17-29-24-8-6-20(14-25(24)30-17)19-7-9-27-23(12-19)15-32(10-11-34-27)28(33)22-5-3-4-21(13-22)26-16-35-18(2)31-26/h3-9,12-14,16H,10-11,15H2,1-2H3,(H,29,30). The van der Waals surface area contributed by atoms with Gasteiger partial charge in [-0.15, -0.1) is 11.3 Å². The second-order valence-corrected chi connectivity index (χ2v) is 9.85. The molecule has 0 saturated carbocycles. The Hall–Kier alpha value is -3.97. The Labute approximate surface area is 207 Å². The number of carbonyl (C=O) groups excluding carboxylic acids is 1. The van der Waals surface area contributed by atoms with Crippen LogP contribution < -0.4 is 4.74 Å². The molecule has 6 nitrogen and oxygen atoms in total. The maximum atomic E-state index is 13.5. The highest BCUT2D eigenvalue weighted by molar-refractivity contribution is 7.09. The van der Waals surface area contributed by atoms with Gasteiger partial charge in [-0.1, -0.05) is 24.3 Å². The number of aromatic amines is 1. The molecule has 0 atom stereocenters. The summed E-state index contributed by atoms with van der Waals surface area (Å²) in [5, 5.41) is 3.04. The molecule has 2 aromatic heterocycles. The van der Waals surface area contributed by atoms with Crippen LogP contribution in [0.15, 0.2) is 66.0 Å². The molecule has 0 aliphatic carbocycles. The Morgan fingerprint density at radius 3 is 2.71 bits per heavy atom. The smallest absolute Gasteiger partial charge is 0.254 e. The molecule has 5 aromatic rings. The van der Waals surface area contributed by atoms with E-state index in [0.717, 1.165) is 55.6 Å². The summed E-state index contributed by atoms with van der Waals surface area (Å²) in [6.07, 6.45) is 0. The molecule has 3 heterocycles. The zero-order valence-electron chi connectivity index (χ0n) is 19.5. The van der Waals surface area contributed by atoms with Gasteiger partial charge >= 0.3 is 0 Å². The first-order valence-electron chi connectivity index (χ1n) is 11.6. The number of fused-ring (bicyclic) bond motifs is 2. The maximum absolute atomic E-state index is 13.5. The van der Waals surface area contributed by atoms with Crippen LogP contribution in [0.1, 0.15) is 26.8 Å². The number of H-pyrrole nitrogens is 1. The average molecular weight is 481 g/mol. The number of imidazole rings is 1. The quantitative estimate of drug-likeness (QED) is 0.344. The number of ether oxygens (including phenoxy) is 1. The summed E-state index contributed by atoms with van der Waals surface area (Å²) in [5.41, 5.74) is 7.64. The first-order chi connectivity index (χ1) is 17.0. The van der Waals surface area contributed by atoms with E-state index in [4.69, 9.17) is 4.74 Å². The van der Waals surface area contributed by atoms with Crippen LogP contribution in [0, 0.1) is 13.8 Å². The van der Waals surface area contributed by atoms with Crippen molar-refractivity contribution in [3.8, 4) is 28.1 Å². The summed E-state index contributed by atoms with van der Waals surface area (Å²) in [4.78, 5) is 27.8. The Bertz CT molecular complexity index is 1570. The lowest BCUT2D eigenvalue weighted by atomic mass is 10.0. The molecule has 174 valence electrons. The van der Waals surface area contributed by atoms with Crippen molar-refractivity contribution in [3.05, 3.63) is 88.0 Å². The minimum atomic E-state index is -0.00549. The maximum Gasteiger partial charge on any atom is 0.254 e. The zero-order chi connectivity index (χ0) is 23.9. The first kappa shape index (κ1) is 21.6. The molecular weight excluding hydrogens is 456 g/mol. The van der Waals surface area contributed by atoms with Crippen molar-refractivity contribution >= 4 is 28.3 Å². The van der Waals surface area contributed by atoms with Crippen molar-refractivity contribution < 1.29 is 9.53 Å². The summed E-state index contributed by atoms with van der Waals surface area (Å²) in [7, 11) is 0. The Kier molecular flexibility index (Phi) is 5.34. The van der Waals surface area contributed by atoms with E-state index in [-0.39, 0.29) is 5.91 Å². The Morgan fingerprint density at radius 2 is 1.86 bits per heavy atom. The molecule has 7 heteroatoms. The van der Waals surface area contributed by atoms with Crippen molar-refractivity contribution in [1.29, 1.82) is 0 Å². The largest absolute Gasteiger partial charge is 0.491 e. The number of nitrogens with zero attached hydrogens (tertiary/aromatic N) is 3. The van der Waals surface area contributed by atoms with Crippen LogP contribution in [-0.4, -0.2) is 38.9 Å². The molecule has 1 N–H and O–H groups in total. The number of hydrogen-bond donors (Lipinski definition) is 1. The molecule has 0 unspecified atom stereocenters. The van der Waals surface area contributed by atoms with E-state index in [0.29, 0.717) is 25.3 Å². The summed E-state index contributed by atoms with van der Waals surface area (Å²) in [6, 6.07) is 20.1. The number of rotatable bonds is 3. The Morgan fingerprint density at radius 1 is 1.00 bits per heavy atom. The van der Waals surface area contributed by atoms with Gasteiger partial charge < -0.3 is 14.6 Å². The molecule has 35 heavy (non-hydrogen) atoms. The fourth-order valence-electron chi connectivity index (χ4n) is 4.55. The van der Waals surface area contributed by atoms with E-state index < -0.39 is 0 Å². The molecule has 1 amide bonds. The van der Waals surface area contributed by atoms with E-state index in [1.54, 1.807) is 11.3 Å². The summed E-state index contributed by atoms with van der Waals surface area (Å²) < 4.78 is 6.01. The van der Waals surface area contributed by atoms with E-state index >= 15 is 0 Å². The number of benzene rings is 3. The van der Waals surface area contributed by atoms with E-state index in [1.807, 2.05) is 54.5 Å². The molecule has 1 aliphatic rings. The number of hydrogen-bond acceptors (Lipinski definition) is 5. The van der Waals surface area contributed by atoms with Crippen LogP contribution in [0.5, 0.6) is 5.75 Å². The fraction of sp³-hybridized carbons (Fsp3) is 0.179. The highest BCUT2D eigenvalue weighted by atomic mass is 32.1. The number of thiazole rings is 1. The molecule has 0 spiro atoms. The zero-order valence-corrected chi connectivity index (χ0v) is 20.4. The van der Waals surface area contributed by atoms with Crippen molar-refractivity contribution in [2.24, 2.45) is 0 Å². The molecule has 0 fully saturated rings. The van der Waals surface area contributed by atoms with Crippen LogP contribution >= 0.6 is 11.3 Å². The average Bonchev–Trinajstić information content (AvgIpc) is 3.40. The molecule has 0 saturated heterocycles. The first-order valence-corrected chi connectivity index (χ1v) is 12.5. The van der Waals surface area contributed by atoms with E-state index in [9.17, 15) is 4.79 Å². The molecular formula is C28H24N4O2S. The molecule has 6 rings (SSSR count). The third-order valence-electron chi connectivity index (χ3n) is 6.29. The van der Waals surface area contributed by atoms with Crippen LogP contribution in [0.4, 0.5) is 0 Å². The summed E-state index contributed by atoms with van der Waals surface area (Å²) in [6.45, 7) is 5.42. The highest BCUT2D eigenvalue weighted by Crippen LogP contribution is 2.31. The SMILES string of the molecule is Cc1nc2cc(-c3ccc4c(c3)CN(C(=O)c3cccc(-c5csc(C)n5)c3)CCO4)ccc2[nH]1. The van der Waals surface area contributed by atoms with Gasteiger partial charge in [0.2, 0.25) is 0 Å². The number of aryl methyl sites for hydroxylation is 2. The molecule has 3 aromatic carbocycles. The molecule has 0 bridgehead atoms. The predicted octanol–water partition coefficient (Wildman–Crippen LogP) is 6.01. The van der Waals surface area contributed by atoms with Crippen molar-refractivity contribution in [2.45, 2.75) is 20.4 Å². The van der Waals surface area contributed by atoms with Crippen molar-refractivity contribution in [1.82, 2.24) is 19.9 Å². The van der Waals surface area contributed by atoms with Gasteiger partial charge in [-0.25, -0.2) is 9.97 Å². The van der Waals surface area contributed by atoms with Crippen molar-refractivity contribution in [3.63, 3.8) is 0 Å². The normalized spacial score (nSPS) is 13.4. The monoisotopic (exact) mass is 480 g/mol. The second kappa shape index (κ2) is 8.67. The molecule has 0 radical (unpaired) electrons. The topological polar surface area (TPSA) is 71.1 Å². The van der Waals surface area contributed by atoms with Gasteiger partial charge in [-0.2, -0.15) is 0 Å². The van der Waals surface area contributed by atoms with Crippen LogP contribution in [0.25, 0.3) is 33.4 Å². The predicted molar refractivity (Wildman–Crippen MR) is 139 cm³/mol. The van der Waals surface area contributed by atoms with Crippen LogP contribution in [0.2, 0.25) is 0 Å².